The maximum absolute atomic E-state index is 12.1. The lowest BCUT2D eigenvalue weighted by Crippen LogP contribution is -2.50. The molecule has 0 spiro atoms. The summed E-state index contributed by atoms with van der Waals surface area (Å²) in [6.45, 7) is 3.82. The van der Waals surface area contributed by atoms with E-state index in [9.17, 15) is 9.59 Å². The Kier molecular flexibility index (Phi) is 4.73. The van der Waals surface area contributed by atoms with Crippen LogP contribution in [0.4, 0.5) is 0 Å². The van der Waals surface area contributed by atoms with E-state index >= 15 is 0 Å². The third kappa shape index (κ3) is 3.08. The quantitative estimate of drug-likeness (QED) is 0.697. The van der Waals surface area contributed by atoms with Crippen LogP contribution in [0.3, 0.4) is 0 Å². The average Bonchev–Trinajstić information content (AvgIpc) is 2.23. The van der Waals surface area contributed by atoms with Crippen LogP contribution in [0, 0.1) is 5.41 Å². The maximum atomic E-state index is 12.1. The summed E-state index contributed by atoms with van der Waals surface area (Å²) in [6, 6.07) is -0.803. The molecule has 0 saturated heterocycles. The van der Waals surface area contributed by atoms with Gasteiger partial charge in [-0.15, -0.1) is 0 Å². The molecule has 1 unspecified atom stereocenters. The minimum Gasteiger partial charge on any atom is -0.480 e. The highest BCUT2D eigenvalue weighted by Crippen LogP contribution is 2.43. The second-order valence-corrected chi connectivity index (χ2v) is 4.66. The van der Waals surface area contributed by atoms with Gasteiger partial charge in [0.2, 0.25) is 5.91 Å². The summed E-state index contributed by atoms with van der Waals surface area (Å²) in [5.74, 6) is -1.06. The van der Waals surface area contributed by atoms with Crippen LogP contribution >= 0.6 is 0 Å². The Morgan fingerprint density at radius 1 is 1.47 bits per heavy atom. The predicted octanol–water partition coefficient (Wildman–Crippen LogP) is 2.10. The zero-order chi connectivity index (χ0) is 12.9. The fourth-order valence-electron chi connectivity index (χ4n) is 2.15. The highest BCUT2D eigenvalue weighted by molar-refractivity contribution is 5.88. The number of carbonyl (C=O) groups excluding carboxylic acids is 1. The van der Waals surface area contributed by atoms with Crippen molar-refractivity contribution in [1.82, 2.24) is 5.32 Å². The summed E-state index contributed by atoms with van der Waals surface area (Å²) in [5.41, 5.74) is -0.302. The van der Waals surface area contributed by atoms with Gasteiger partial charge >= 0.3 is 5.97 Å². The van der Waals surface area contributed by atoms with Crippen LogP contribution < -0.4 is 5.32 Å². The van der Waals surface area contributed by atoms with Crippen LogP contribution in [0.5, 0.6) is 0 Å². The summed E-state index contributed by atoms with van der Waals surface area (Å²) >= 11 is 0. The van der Waals surface area contributed by atoms with Crippen LogP contribution in [-0.2, 0) is 9.59 Å². The molecule has 1 aliphatic carbocycles. The van der Waals surface area contributed by atoms with Crippen molar-refractivity contribution >= 4 is 11.9 Å². The van der Waals surface area contributed by atoms with Gasteiger partial charge in [0.05, 0.1) is 0 Å². The molecule has 1 saturated carbocycles. The van der Waals surface area contributed by atoms with E-state index < -0.39 is 12.0 Å². The molecule has 2 N–H and O–H groups in total. The zero-order valence-corrected chi connectivity index (χ0v) is 10.5. The van der Waals surface area contributed by atoms with E-state index in [1.54, 1.807) is 12.2 Å². The number of carboxylic acids is 1. The molecule has 1 fully saturated rings. The van der Waals surface area contributed by atoms with Crippen LogP contribution in [0.15, 0.2) is 12.2 Å². The van der Waals surface area contributed by atoms with Crippen molar-refractivity contribution in [2.75, 3.05) is 0 Å². The van der Waals surface area contributed by atoms with E-state index in [1.165, 1.54) is 0 Å². The largest absolute Gasteiger partial charge is 0.480 e. The average molecular weight is 239 g/mol. The lowest BCUT2D eigenvalue weighted by atomic mass is 9.66. The highest BCUT2D eigenvalue weighted by Gasteiger charge is 2.43. The molecule has 17 heavy (non-hydrogen) atoms. The normalized spacial score (nSPS) is 19.6. The Labute approximate surface area is 102 Å². The Bertz CT molecular complexity index is 313. The molecule has 0 aromatic carbocycles. The van der Waals surface area contributed by atoms with E-state index in [-0.39, 0.29) is 11.3 Å². The lowest BCUT2D eigenvalue weighted by molar-refractivity contribution is -0.145. The predicted molar refractivity (Wildman–Crippen MR) is 65.6 cm³/mol. The van der Waals surface area contributed by atoms with Gasteiger partial charge < -0.3 is 10.4 Å². The van der Waals surface area contributed by atoms with E-state index in [4.69, 9.17) is 5.11 Å². The first-order chi connectivity index (χ1) is 8.05. The number of allylic oxidation sites excluding steroid dienone is 1. The molecule has 0 bridgehead atoms. The van der Waals surface area contributed by atoms with Crippen LogP contribution in [0.1, 0.15) is 46.0 Å². The molecule has 0 heterocycles. The third-order valence-electron chi connectivity index (χ3n) is 3.68. The summed E-state index contributed by atoms with van der Waals surface area (Å²) in [4.78, 5) is 23.1. The van der Waals surface area contributed by atoms with Crippen molar-refractivity contribution in [3.63, 3.8) is 0 Å². The lowest BCUT2D eigenvalue weighted by Gasteiger charge is -2.40. The molecule has 1 amide bonds. The maximum Gasteiger partial charge on any atom is 0.326 e. The molecular weight excluding hydrogens is 218 g/mol. The van der Waals surface area contributed by atoms with Gasteiger partial charge in [-0.2, -0.15) is 0 Å². The molecule has 1 rings (SSSR count). The SMILES string of the molecule is C/C=C/CC(NC(=O)C1(CC)CCC1)C(=O)O. The smallest absolute Gasteiger partial charge is 0.326 e. The fourth-order valence-corrected chi connectivity index (χ4v) is 2.15. The Hall–Kier alpha value is -1.32. The number of hydrogen-bond donors (Lipinski definition) is 2. The molecule has 1 atom stereocenters. The monoisotopic (exact) mass is 239 g/mol. The van der Waals surface area contributed by atoms with Crippen molar-refractivity contribution in [1.29, 1.82) is 0 Å². The van der Waals surface area contributed by atoms with Crippen molar-refractivity contribution in [2.24, 2.45) is 5.41 Å². The number of amides is 1. The van der Waals surface area contributed by atoms with Crippen molar-refractivity contribution in [3.05, 3.63) is 12.2 Å². The van der Waals surface area contributed by atoms with Gasteiger partial charge in [0.15, 0.2) is 0 Å². The van der Waals surface area contributed by atoms with E-state index in [2.05, 4.69) is 5.32 Å². The topological polar surface area (TPSA) is 66.4 Å². The van der Waals surface area contributed by atoms with Gasteiger partial charge in [-0.3, -0.25) is 4.79 Å². The molecule has 0 aliphatic heterocycles. The summed E-state index contributed by atoms with van der Waals surface area (Å²) in [6.07, 6.45) is 7.51. The molecule has 4 heteroatoms. The molecule has 1 aliphatic rings. The van der Waals surface area contributed by atoms with Gasteiger partial charge in [0, 0.05) is 5.41 Å². The molecule has 96 valence electrons. The zero-order valence-electron chi connectivity index (χ0n) is 10.5. The second-order valence-electron chi connectivity index (χ2n) is 4.66. The van der Waals surface area contributed by atoms with Crippen molar-refractivity contribution < 1.29 is 14.7 Å². The van der Waals surface area contributed by atoms with Crippen molar-refractivity contribution in [3.8, 4) is 0 Å². The first kappa shape index (κ1) is 13.7. The minimum atomic E-state index is -0.970. The number of hydrogen-bond acceptors (Lipinski definition) is 2. The Morgan fingerprint density at radius 2 is 2.12 bits per heavy atom. The van der Waals surface area contributed by atoms with Crippen LogP contribution in [-0.4, -0.2) is 23.0 Å². The van der Waals surface area contributed by atoms with Gasteiger partial charge in [0.1, 0.15) is 6.04 Å². The number of carboxylic acid groups (broad SMARTS) is 1. The minimum absolute atomic E-state index is 0.0943. The Morgan fingerprint density at radius 3 is 2.47 bits per heavy atom. The summed E-state index contributed by atoms with van der Waals surface area (Å²) in [7, 11) is 0. The summed E-state index contributed by atoms with van der Waals surface area (Å²) in [5, 5.41) is 11.7. The summed E-state index contributed by atoms with van der Waals surface area (Å²) < 4.78 is 0. The number of rotatable bonds is 6. The van der Waals surface area contributed by atoms with Crippen molar-refractivity contribution in [2.45, 2.75) is 52.0 Å². The molecule has 0 aromatic heterocycles. The molecule has 0 aromatic rings. The first-order valence-electron chi connectivity index (χ1n) is 6.20. The standard InChI is InChI=1S/C13H21NO3/c1-3-5-7-10(11(15)16)14-12(17)13(4-2)8-6-9-13/h3,5,10H,4,6-9H2,1-2H3,(H,14,17)(H,15,16)/b5-3+. The van der Waals surface area contributed by atoms with E-state index in [1.807, 2.05) is 13.8 Å². The number of carbonyl (C=O) groups is 2. The number of aliphatic carboxylic acids is 1. The van der Waals surface area contributed by atoms with Gasteiger partial charge in [-0.25, -0.2) is 4.79 Å². The van der Waals surface area contributed by atoms with E-state index in [0.29, 0.717) is 6.42 Å². The number of nitrogens with one attached hydrogen (secondary N) is 1. The first-order valence-corrected chi connectivity index (χ1v) is 6.20. The highest BCUT2D eigenvalue weighted by atomic mass is 16.4. The molecule has 0 radical (unpaired) electrons. The third-order valence-corrected chi connectivity index (χ3v) is 3.68. The van der Waals surface area contributed by atoms with Gasteiger partial charge in [-0.1, -0.05) is 25.5 Å². The van der Waals surface area contributed by atoms with Crippen LogP contribution in [0.25, 0.3) is 0 Å². The van der Waals surface area contributed by atoms with Gasteiger partial charge in [0.25, 0.3) is 0 Å². The Balaban J connectivity index is 2.60. The second kappa shape index (κ2) is 5.84. The fraction of sp³-hybridized carbons (Fsp3) is 0.692. The molecule has 4 nitrogen and oxygen atoms in total. The van der Waals surface area contributed by atoms with E-state index in [0.717, 1.165) is 25.7 Å². The van der Waals surface area contributed by atoms with Crippen LogP contribution in [0.2, 0.25) is 0 Å². The molecular formula is C13H21NO3. The van der Waals surface area contributed by atoms with Gasteiger partial charge in [-0.05, 0) is 32.6 Å².